The maximum Gasteiger partial charge on any atom is 0.225 e. The molecule has 2 N–H and O–H groups in total. The van der Waals surface area contributed by atoms with Gasteiger partial charge >= 0.3 is 0 Å². The Hall–Kier alpha value is -3.36. The molecule has 0 bridgehead atoms. The molecule has 0 radical (unpaired) electrons. The van der Waals surface area contributed by atoms with E-state index in [1.54, 1.807) is 25.5 Å². The Kier molecular flexibility index (Phi) is 8.90. The molecule has 0 spiro atoms. The van der Waals surface area contributed by atoms with Crippen LogP contribution in [0, 0.1) is 0 Å². The van der Waals surface area contributed by atoms with Gasteiger partial charge in [0.05, 0.1) is 6.61 Å². The summed E-state index contributed by atoms with van der Waals surface area (Å²) in [6.45, 7) is 4.78. The number of carbonyl (C=O) groups excluding carboxylic acids is 1. The third-order valence-corrected chi connectivity index (χ3v) is 4.95. The molecule has 1 saturated heterocycles. The summed E-state index contributed by atoms with van der Waals surface area (Å²) >= 11 is 0. The monoisotopic (exact) mass is 425 g/mol. The minimum Gasteiger partial charge on any atom is -0.494 e. The van der Waals surface area contributed by atoms with E-state index in [0.717, 1.165) is 37.8 Å². The number of hydrogen-bond donors (Lipinski definition) is 2. The van der Waals surface area contributed by atoms with Crippen molar-refractivity contribution in [2.45, 2.75) is 12.8 Å². The third-order valence-electron chi connectivity index (χ3n) is 4.95. The van der Waals surface area contributed by atoms with Crippen LogP contribution in [0.4, 0.5) is 5.95 Å². The first-order chi connectivity index (χ1) is 15.3. The molecule has 3 rings (SSSR count). The van der Waals surface area contributed by atoms with E-state index >= 15 is 0 Å². The van der Waals surface area contributed by atoms with Crippen molar-refractivity contribution < 1.29 is 9.53 Å². The highest BCUT2D eigenvalue weighted by molar-refractivity contribution is 5.81. The van der Waals surface area contributed by atoms with E-state index in [0.29, 0.717) is 38.6 Å². The van der Waals surface area contributed by atoms with Gasteiger partial charge in [-0.1, -0.05) is 18.2 Å². The third kappa shape index (κ3) is 7.44. The fraction of sp³-hybridized carbons (Fsp3) is 0.455. The van der Waals surface area contributed by atoms with Gasteiger partial charge in [-0.2, -0.15) is 0 Å². The van der Waals surface area contributed by atoms with Crippen LogP contribution in [0.5, 0.6) is 5.75 Å². The highest BCUT2D eigenvalue weighted by Crippen LogP contribution is 2.10. The van der Waals surface area contributed by atoms with E-state index in [-0.39, 0.29) is 5.91 Å². The van der Waals surface area contributed by atoms with E-state index in [9.17, 15) is 4.79 Å². The lowest BCUT2D eigenvalue weighted by atomic mass is 10.3. The maximum absolute atomic E-state index is 12.5. The number of carbonyl (C=O) groups is 1. The average Bonchev–Trinajstić information content (AvgIpc) is 2.84. The number of nitrogens with one attached hydrogen (secondary N) is 2. The highest BCUT2D eigenvalue weighted by atomic mass is 16.5. The molecule has 1 aromatic heterocycles. The van der Waals surface area contributed by atoms with Crippen LogP contribution in [0.25, 0.3) is 0 Å². The van der Waals surface area contributed by atoms with Gasteiger partial charge in [-0.05, 0) is 24.6 Å². The Labute approximate surface area is 183 Å². The van der Waals surface area contributed by atoms with Crippen molar-refractivity contribution in [2.75, 3.05) is 57.8 Å². The Morgan fingerprint density at radius 1 is 1.03 bits per heavy atom. The largest absolute Gasteiger partial charge is 0.494 e. The SMILES string of the molecule is CN=C(NCCCOc1ccccc1)NCCC(=O)N1CCN(c2ncccn2)CC1. The van der Waals surface area contributed by atoms with E-state index in [1.165, 1.54) is 0 Å². The first-order valence-corrected chi connectivity index (χ1v) is 10.7. The van der Waals surface area contributed by atoms with Crippen molar-refractivity contribution in [2.24, 2.45) is 4.99 Å². The number of aliphatic imine (C=N–C) groups is 1. The molecule has 31 heavy (non-hydrogen) atoms. The Bertz CT molecular complexity index is 809. The van der Waals surface area contributed by atoms with Gasteiger partial charge in [0.1, 0.15) is 5.75 Å². The standard InChI is InChI=1S/C22H31N7O2/c1-23-21(24-12-6-18-31-19-7-3-2-4-8-19)25-13-9-20(30)28-14-16-29(17-15-28)22-26-10-5-11-27-22/h2-5,7-8,10-11H,6,9,12-18H2,1H3,(H2,23,24,25). The molecule has 0 unspecified atom stereocenters. The van der Waals surface area contributed by atoms with E-state index in [1.807, 2.05) is 35.2 Å². The lowest BCUT2D eigenvalue weighted by molar-refractivity contribution is -0.131. The predicted octanol–water partition coefficient (Wildman–Crippen LogP) is 1.15. The van der Waals surface area contributed by atoms with Crippen molar-refractivity contribution in [1.82, 2.24) is 25.5 Å². The average molecular weight is 426 g/mol. The van der Waals surface area contributed by atoms with Crippen LogP contribution in [0.3, 0.4) is 0 Å². The summed E-state index contributed by atoms with van der Waals surface area (Å²) in [4.78, 5) is 29.3. The van der Waals surface area contributed by atoms with Crippen molar-refractivity contribution in [3.63, 3.8) is 0 Å². The first kappa shape index (κ1) is 22.3. The molecular weight excluding hydrogens is 394 g/mol. The summed E-state index contributed by atoms with van der Waals surface area (Å²) < 4.78 is 5.68. The normalized spacial score (nSPS) is 14.3. The zero-order chi connectivity index (χ0) is 21.7. The van der Waals surface area contributed by atoms with Crippen LogP contribution in [-0.4, -0.2) is 79.7 Å². The van der Waals surface area contributed by atoms with Gasteiger partial charge in [0, 0.05) is 65.1 Å². The van der Waals surface area contributed by atoms with Crippen LogP contribution in [0.1, 0.15) is 12.8 Å². The molecule has 2 aromatic rings. The second-order valence-corrected chi connectivity index (χ2v) is 7.11. The zero-order valence-corrected chi connectivity index (χ0v) is 18.0. The summed E-state index contributed by atoms with van der Waals surface area (Å²) in [6, 6.07) is 11.6. The van der Waals surface area contributed by atoms with E-state index in [2.05, 4.69) is 30.5 Å². The smallest absolute Gasteiger partial charge is 0.225 e. The van der Waals surface area contributed by atoms with Gasteiger partial charge in [0.15, 0.2) is 5.96 Å². The topological polar surface area (TPSA) is 95.0 Å². The quantitative estimate of drug-likeness (QED) is 0.354. The number of rotatable bonds is 9. The van der Waals surface area contributed by atoms with Crippen LogP contribution < -0.4 is 20.3 Å². The fourth-order valence-corrected chi connectivity index (χ4v) is 3.26. The molecular formula is C22H31N7O2. The predicted molar refractivity (Wildman–Crippen MR) is 121 cm³/mol. The van der Waals surface area contributed by atoms with E-state index < -0.39 is 0 Å². The number of benzene rings is 1. The molecule has 1 fully saturated rings. The van der Waals surface area contributed by atoms with Gasteiger partial charge < -0.3 is 25.2 Å². The summed E-state index contributed by atoms with van der Waals surface area (Å²) in [7, 11) is 1.72. The number of amides is 1. The number of guanidine groups is 1. The highest BCUT2D eigenvalue weighted by Gasteiger charge is 2.22. The zero-order valence-electron chi connectivity index (χ0n) is 18.0. The van der Waals surface area contributed by atoms with Gasteiger partial charge in [0.25, 0.3) is 0 Å². The Morgan fingerprint density at radius 2 is 1.74 bits per heavy atom. The second kappa shape index (κ2) is 12.4. The summed E-state index contributed by atoms with van der Waals surface area (Å²) in [6.07, 6.45) is 4.76. The molecule has 2 heterocycles. The number of hydrogen-bond acceptors (Lipinski definition) is 6. The molecule has 1 aliphatic rings. The van der Waals surface area contributed by atoms with Crippen molar-refractivity contribution in [3.05, 3.63) is 48.8 Å². The van der Waals surface area contributed by atoms with Gasteiger partial charge in [-0.25, -0.2) is 9.97 Å². The number of ether oxygens (including phenoxy) is 1. The number of aromatic nitrogens is 2. The minimum atomic E-state index is 0.146. The van der Waals surface area contributed by atoms with Gasteiger partial charge in [-0.15, -0.1) is 0 Å². The Morgan fingerprint density at radius 3 is 2.45 bits per heavy atom. The molecule has 0 saturated carbocycles. The lowest BCUT2D eigenvalue weighted by Gasteiger charge is -2.34. The van der Waals surface area contributed by atoms with Crippen LogP contribution in [0.2, 0.25) is 0 Å². The van der Waals surface area contributed by atoms with Crippen LogP contribution in [-0.2, 0) is 4.79 Å². The molecule has 0 aliphatic carbocycles. The van der Waals surface area contributed by atoms with Crippen LogP contribution in [0.15, 0.2) is 53.8 Å². The van der Waals surface area contributed by atoms with Crippen molar-refractivity contribution >= 4 is 17.8 Å². The second-order valence-electron chi connectivity index (χ2n) is 7.11. The molecule has 9 nitrogen and oxygen atoms in total. The molecule has 1 aromatic carbocycles. The number of para-hydroxylation sites is 1. The van der Waals surface area contributed by atoms with Crippen LogP contribution >= 0.6 is 0 Å². The fourth-order valence-electron chi connectivity index (χ4n) is 3.26. The summed E-state index contributed by atoms with van der Waals surface area (Å²) in [5.41, 5.74) is 0. The van der Waals surface area contributed by atoms with Gasteiger partial charge in [-0.3, -0.25) is 9.79 Å². The maximum atomic E-state index is 12.5. The number of anilines is 1. The molecule has 9 heteroatoms. The Balaban J connectivity index is 1.27. The van der Waals surface area contributed by atoms with Crippen molar-refractivity contribution in [3.8, 4) is 5.75 Å². The summed E-state index contributed by atoms with van der Waals surface area (Å²) in [5, 5.41) is 6.45. The van der Waals surface area contributed by atoms with Gasteiger partial charge in [0.2, 0.25) is 11.9 Å². The first-order valence-electron chi connectivity index (χ1n) is 10.7. The minimum absolute atomic E-state index is 0.146. The molecule has 0 atom stereocenters. The molecule has 1 aliphatic heterocycles. The molecule has 1 amide bonds. The van der Waals surface area contributed by atoms with Crippen molar-refractivity contribution in [1.29, 1.82) is 0 Å². The number of nitrogens with zero attached hydrogens (tertiary/aromatic N) is 5. The van der Waals surface area contributed by atoms with E-state index in [4.69, 9.17) is 4.74 Å². The summed E-state index contributed by atoms with van der Waals surface area (Å²) in [5.74, 6) is 2.44. The number of piperazine rings is 1. The lowest BCUT2D eigenvalue weighted by Crippen LogP contribution is -2.50. The molecule has 166 valence electrons.